The van der Waals surface area contributed by atoms with Crippen molar-refractivity contribution in [2.75, 3.05) is 24.7 Å². The number of amides is 3. The smallest absolute Gasteiger partial charge is 0.324 e. The van der Waals surface area contributed by atoms with Crippen molar-refractivity contribution in [3.8, 4) is 0 Å². The summed E-state index contributed by atoms with van der Waals surface area (Å²) in [6.45, 7) is 2.61. The number of aryl methyl sites for hydroxylation is 1. The van der Waals surface area contributed by atoms with E-state index in [0.29, 0.717) is 29.8 Å². The topological polar surface area (TPSA) is 101 Å². The summed E-state index contributed by atoms with van der Waals surface area (Å²) in [5, 5.41) is 6.27. The molecule has 1 aliphatic rings. The SMILES string of the molecule is O=C(NCCCn1ccnc1)c1cnc(N(Cc2ccc(F)cc2)C(=O)NC2CCCOC2)s1. The molecule has 180 valence electrons. The second kappa shape index (κ2) is 11.7. The van der Waals surface area contributed by atoms with E-state index in [2.05, 4.69) is 20.6 Å². The summed E-state index contributed by atoms with van der Waals surface area (Å²) in [5.41, 5.74) is 0.747. The number of benzene rings is 1. The van der Waals surface area contributed by atoms with Crippen molar-refractivity contribution >= 4 is 28.4 Å². The zero-order chi connectivity index (χ0) is 23.8. The van der Waals surface area contributed by atoms with Gasteiger partial charge in [-0.05, 0) is 37.0 Å². The summed E-state index contributed by atoms with van der Waals surface area (Å²) >= 11 is 1.14. The number of aromatic nitrogens is 3. The number of carbonyl (C=O) groups excluding carboxylic acids is 2. The Morgan fingerprint density at radius 2 is 2.15 bits per heavy atom. The van der Waals surface area contributed by atoms with Crippen LogP contribution in [-0.2, 0) is 17.8 Å². The number of rotatable bonds is 9. The third-order valence-corrected chi connectivity index (χ3v) is 6.39. The standard InChI is InChI=1S/C23H27FN6O3S/c24-18-6-4-17(5-7-18)14-30(22(32)28-19-3-1-12-33-15-19)23-27-13-20(34-23)21(31)26-8-2-10-29-11-9-25-16-29/h4-7,9,11,13,16,19H,1-3,8,10,12,14-15H2,(H,26,31)(H,28,32). The summed E-state index contributed by atoms with van der Waals surface area (Å²) < 4.78 is 20.8. The summed E-state index contributed by atoms with van der Waals surface area (Å²) in [5.74, 6) is -0.586. The molecule has 4 rings (SSSR count). The van der Waals surface area contributed by atoms with Gasteiger partial charge in [-0.2, -0.15) is 0 Å². The normalized spacial score (nSPS) is 15.6. The van der Waals surface area contributed by atoms with E-state index in [-0.39, 0.29) is 30.3 Å². The fourth-order valence-corrected chi connectivity index (χ4v) is 4.40. The van der Waals surface area contributed by atoms with Gasteiger partial charge in [0.1, 0.15) is 10.7 Å². The lowest BCUT2D eigenvalue weighted by Gasteiger charge is -2.27. The van der Waals surface area contributed by atoms with Crippen LogP contribution in [0.1, 0.15) is 34.5 Å². The summed E-state index contributed by atoms with van der Waals surface area (Å²) in [6, 6.07) is 5.54. The third-order valence-electron chi connectivity index (χ3n) is 5.37. The molecule has 1 aromatic carbocycles. The van der Waals surface area contributed by atoms with Gasteiger partial charge in [-0.3, -0.25) is 9.69 Å². The minimum Gasteiger partial charge on any atom is -0.379 e. The molecule has 3 aromatic rings. The molecule has 1 fully saturated rings. The van der Waals surface area contributed by atoms with Crippen LogP contribution in [0.4, 0.5) is 14.3 Å². The van der Waals surface area contributed by atoms with Crippen LogP contribution in [0, 0.1) is 5.82 Å². The van der Waals surface area contributed by atoms with E-state index in [4.69, 9.17) is 4.74 Å². The van der Waals surface area contributed by atoms with E-state index < -0.39 is 0 Å². The molecule has 3 amide bonds. The van der Waals surface area contributed by atoms with Crippen molar-refractivity contribution < 1.29 is 18.7 Å². The van der Waals surface area contributed by atoms with Crippen molar-refractivity contribution in [2.45, 2.75) is 38.4 Å². The molecule has 1 aliphatic heterocycles. The Bertz CT molecular complexity index is 1070. The molecule has 2 aromatic heterocycles. The van der Waals surface area contributed by atoms with Gasteiger partial charge in [0.2, 0.25) is 0 Å². The Balaban J connectivity index is 1.40. The van der Waals surface area contributed by atoms with E-state index in [0.717, 1.165) is 42.7 Å². The van der Waals surface area contributed by atoms with Crippen LogP contribution in [0.3, 0.4) is 0 Å². The Hall–Kier alpha value is -3.31. The molecule has 0 spiro atoms. The number of nitrogens with one attached hydrogen (secondary N) is 2. The lowest BCUT2D eigenvalue weighted by Crippen LogP contribution is -2.47. The minimum absolute atomic E-state index is 0.0878. The number of halogens is 1. The Labute approximate surface area is 201 Å². The van der Waals surface area contributed by atoms with Gasteiger partial charge in [0.15, 0.2) is 5.13 Å². The van der Waals surface area contributed by atoms with Crippen LogP contribution < -0.4 is 15.5 Å². The molecule has 11 heteroatoms. The van der Waals surface area contributed by atoms with Gasteiger partial charge < -0.3 is 19.9 Å². The molecule has 1 atom stereocenters. The fourth-order valence-electron chi connectivity index (χ4n) is 3.57. The number of hydrogen-bond donors (Lipinski definition) is 2. The van der Waals surface area contributed by atoms with Gasteiger partial charge >= 0.3 is 6.03 Å². The van der Waals surface area contributed by atoms with E-state index in [1.807, 2.05) is 10.8 Å². The lowest BCUT2D eigenvalue weighted by atomic mass is 10.1. The average molecular weight is 487 g/mol. The molecular formula is C23H27FN6O3S. The molecule has 2 N–H and O–H groups in total. The second-order valence-electron chi connectivity index (χ2n) is 7.99. The average Bonchev–Trinajstić information content (AvgIpc) is 3.54. The van der Waals surface area contributed by atoms with Crippen LogP contribution >= 0.6 is 11.3 Å². The van der Waals surface area contributed by atoms with E-state index in [1.165, 1.54) is 23.2 Å². The first-order valence-electron chi connectivity index (χ1n) is 11.2. The molecule has 1 saturated heterocycles. The lowest BCUT2D eigenvalue weighted by molar-refractivity contribution is 0.0735. The second-order valence-corrected chi connectivity index (χ2v) is 9.00. The Morgan fingerprint density at radius 3 is 2.88 bits per heavy atom. The molecule has 0 radical (unpaired) electrons. The maximum atomic E-state index is 13.3. The highest BCUT2D eigenvalue weighted by Gasteiger charge is 2.25. The number of carbonyl (C=O) groups is 2. The first kappa shape index (κ1) is 23.8. The van der Waals surface area contributed by atoms with Crippen LogP contribution in [0.15, 0.2) is 49.2 Å². The molecule has 0 saturated carbocycles. The highest BCUT2D eigenvalue weighted by atomic mass is 32.1. The fraction of sp³-hybridized carbons (Fsp3) is 0.391. The predicted octanol–water partition coefficient (Wildman–Crippen LogP) is 3.19. The van der Waals surface area contributed by atoms with Crippen molar-refractivity contribution in [3.05, 3.63) is 65.4 Å². The first-order valence-corrected chi connectivity index (χ1v) is 12.0. The molecule has 0 aliphatic carbocycles. The van der Waals surface area contributed by atoms with E-state index in [9.17, 15) is 14.0 Å². The highest BCUT2D eigenvalue weighted by molar-refractivity contribution is 7.17. The Morgan fingerprint density at radius 1 is 1.29 bits per heavy atom. The first-order chi connectivity index (χ1) is 16.6. The van der Waals surface area contributed by atoms with Gasteiger partial charge in [0, 0.05) is 32.1 Å². The maximum absolute atomic E-state index is 13.3. The molecule has 34 heavy (non-hydrogen) atoms. The Kier molecular flexibility index (Phi) is 8.21. The van der Waals surface area contributed by atoms with Gasteiger partial charge in [-0.25, -0.2) is 19.2 Å². The third kappa shape index (κ3) is 6.61. The van der Waals surface area contributed by atoms with E-state index >= 15 is 0 Å². The quantitative estimate of drug-likeness (QED) is 0.453. The molecule has 1 unspecified atom stereocenters. The minimum atomic E-state index is -0.347. The zero-order valence-electron chi connectivity index (χ0n) is 18.7. The zero-order valence-corrected chi connectivity index (χ0v) is 19.5. The van der Waals surface area contributed by atoms with Gasteiger partial charge in [0.05, 0.1) is 31.7 Å². The molecule has 0 bridgehead atoms. The van der Waals surface area contributed by atoms with Crippen molar-refractivity contribution in [3.63, 3.8) is 0 Å². The van der Waals surface area contributed by atoms with Crippen LogP contribution in [-0.4, -0.2) is 52.3 Å². The molecular weight excluding hydrogens is 459 g/mol. The highest BCUT2D eigenvalue weighted by Crippen LogP contribution is 2.25. The van der Waals surface area contributed by atoms with Crippen molar-refractivity contribution in [2.24, 2.45) is 0 Å². The van der Waals surface area contributed by atoms with Crippen LogP contribution in [0.25, 0.3) is 0 Å². The molecule has 3 heterocycles. The van der Waals surface area contributed by atoms with Gasteiger partial charge in [-0.15, -0.1) is 0 Å². The predicted molar refractivity (Wildman–Crippen MR) is 126 cm³/mol. The van der Waals surface area contributed by atoms with Gasteiger partial charge in [-0.1, -0.05) is 23.5 Å². The summed E-state index contributed by atoms with van der Waals surface area (Å²) in [7, 11) is 0. The van der Waals surface area contributed by atoms with E-state index in [1.54, 1.807) is 24.7 Å². The monoisotopic (exact) mass is 486 g/mol. The van der Waals surface area contributed by atoms with Crippen LogP contribution in [0.5, 0.6) is 0 Å². The van der Waals surface area contributed by atoms with Gasteiger partial charge in [0.25, 0.3) is 5.91 Å². The number of hydrogen-bond acceptors (Lipinski definition) is 6. The number of anilines is 1. The number of ether oxygens (including phenoxy) is 1. The number of imidazole rings is 1. The van der Waals surface area contributed by atoms with Crippen molar-refractivity contribution in [1.29, 1.82) is 0 Å². The molecule has 9 nitrogen and oxygen atoms in total. The summed E-state index contributed by atoms with van der Waals surface area (Å²) in [6.07, 6.45) is 9.27. The largest absolute Gasteiger partial charge is 0.379 e. The summed E-state index contributed by atoms with van der Waals surface area (Å²) in [4.78, 5) is 35.9. The number of urea groups is 1. The van der Waals surface area contributed by atoms with Crippen molar-refractivity contribution in [1.82, 2.24) is 25.2 Å². The van der Waals surface area contributed by atoms with Crippen LogP contribution in [0.2, 0.25) is 0 Å². The number of thiazole rings is 1. The maximum Gasteiger partial charge on any atom is 0.324 e. The number of nitrogens with zero attached hydrogens (tertiary/aromatic N) is 4.